The van der Waals surface area contributed by atoms with Gasteiger partial charge < -0.3 is 18.9 Å². The first-order valence-electron chi connectivity index (χ1n) is 7.36. The molecule has 0 aliphatic heterocycles. The molecule has 0 saturated heterocycles. The van der Waals surface area contributed by atoms with Gasteiger partial charge in [0.25, 0.3) is 0 Å². The molecule has 0 aromatic heterocycles. The van der Waals surface area contributed by atoms with E-state index >= 15 is 0 Å². The fourth-order valence-electron chi connectivity index (χ4n) is 1.31. The van der Waals surface area contributed by atoms with Crippen molar-refractivity contribution in [2.45, 2.75) is 39.5 Å². The van der Waals surface area contributed by atoms with E-state index in [9.17, 15) is 0 Å². The van der Waals surface area contributed by atoms with E-state index in [2.05, 4.69) is 19.2 Å². The van der Waals surface area contributed by atoms with Crippen LogP contribution in [-0.2, 0) is 18.9 Å². The van der Waals surface area contributed by atoms with Gasteiger partial charge in [-0.05, 0) is 25.7 Å². The van der Waals surface area contributed by atoms with Crippen molar-refractivity contribution < 1.29 is 18.9 Å². The average Bonchev–Trinajstić information content (AvgIpc) is 2.43. The van der Waals surface area contributed by atoms with Crippen molar-refractivity contribution in [3.8, 4) is 0 Å². The maximum Gasteiger partial charge on any atom is 0.146 e. The molecule has 0 aromatic carbocycles. The van der Waals surface area contributed by atoms with E-state index in [1.54, 1.807) is 0 Å². The topological polar surface area (TPSA) is 51.0 Å². The zero-order valence-corrected chi connectivity index (χ0v) is 12.6. The maximum absolute atomic E-state index is 5.29. The van der Waals surface area contributed by atoms with Gasteiger partial charge in [0.2, 0.25) is 0 Å². The molecule has 0 saturated carbocycles. The number of nitrogens with zero attached hydrogens (tertiary/aromatic N) is 1. The van der Waals surface area contributed by atoms with Crippen LogP contribution in [0.5, 0.6) is 0 Å². The zero-order valence-electron chi connectivity index (χ0n) is 12.6. The highest BCUT2D eigenvalue weighted by Gasteiger charge is 1.93. The summed E-state index contributed by atoms with van der Waals surface area (Å²) in [6, 6.07) is 0. The van der Waals surface area contributed by atoms with Crippen LogP contribution in [0.1, 0.15) is 39.5 Å². The van der Waals surface area contributed by atoms with Crippen LogP contribution in [0.25, 0.3) is 0 Å². The third-order valence-electron chi connectivity index (χ3n) is 2.24. The van der Waals surface area contributed by atoms with Crippen LogP contribution in [0.2, 0.25) is 0 Å². The Kier molecular flexibility index (Phi) is 17.6. The Morgan fingerprint density at radius 2 is 1.05 bits per heavy atom. The minimum Gasteiger partial charge on any atom is -0.355 e. The second-order valence-corrected chi connectivity index (χ2v) is 4.25. The van der Waals surface area contributed by atoms with Crippen LogP contribution < -0.4 is 5.32 Å². The fraction of sp³-hybridized carbons (Fsp3) is 1.00. The normalized spacial score (nSPS) is 11.1. The third kappa shape index (κ3) is 17.8. The summed E-state index contributed by atoms with van der Waals surface area (Å²) < 4.78 is 21.0. The van der Waals surface area contributed by atoms with Crippen molar-refractivity contribution >= 4 is 0 Å². The third-order valence-corrected chi connectivity index (χ3v) is 2.24. The molecule has 115 valence electrons. The molecule has 19 heavy (non-hydrogen) atoms. The van der Waals surface area contributed by atoms with Crippen molar-refractivity contribution in [2.24, 2.45) is 0 Å². The predicted molar refractivity (Wildman–Crippen MR) is 75.2 cm³/mol. The maximum atomic E-state index is 5.29. The van der Waals surface area contributed by atoms with Crippen molar-refractivity contribution in [1.29, 1.82) is 0 Å². The molecule has 1 radical (unpaired) electrons. The molecule has 0 N–H and O–H groups in total. The highest BCUT2D eigenvalue weighted by molar-refractivity contribution is 4.46. The van der Waals surface area contributed by atoms with Gasteiger partial charge in [0.15, 0.2) is 0 Å². The van der Waals surface area contributed by atoms with Crippen LogP contribution >= 0.6 is 0 Å². The zero-order chi connectivity index (χ0) is 14.0. The van der Waals surface area contributed by atoms with Crippen LogP contribution in [0, 0.1) is 0 Å². The van der Waals surface area contributed by atoms with Crippen molar-refractivity contribution in [2.75, 3.05) is 53.1 Å². The summed E-state index contributed by atoms with van der Waals surface area (Å²) >= 11 is 0. The van der Waals surface area contributed by atoms with Crippen LogP contribution in [-0.4, -0.2) is 53.1 Å². The standard InChI is InChI=1S/C14H30NO4/c1-3-9-16-13-18-11-5-7-15-8-6-12-19-14-17-10-4-2/h3-14H2,1-2H3. The molecule has 0 bridgehead atoms. The highest BCUT2D eigenvalue weighted by atomic mass is 16.7. The second-order valence-electron chi connectivity index (χ2n) is 4.25. The molecule has 0 heterocycles. The lowest BCUT2D eigenvalue weighted by molar-refractivity contribution is -0.0549. The van der Waals surface area contributed by atoms with Crippen LogP contribution in [0.3, 0.4) is 0 Å². The van der Waals surface area contributed by atoms with Gasteiger partial charge in [0.1, 0.15) is 13.6 Å². The minimum absolute atomic E-state index is 0.402. The van der Waals surface area contributed by atoms with E-state index in [-0.39, 0.29) is 0 Å². The summed E-state index contributed by atoms with van der Waals surface area (Å²) in [5.74, 6) is 0. The number of ether oxygens (including phenoxy) is 4. The van der Waals surface area contributed by atoms with E-state index in [0.29, 0.717) is 26.8 Å². The first-order chi connectivity index (χ1) is 9.41. The molecular formula is C14H30NO4. The highest BCUT2D eigenvalue weighted by Crippen LogP contribution is 1.88. The summed E-state index contributed by atoms with van der Waals surface area (Å²) in [5, 5.41) is 4.40. The molecule has 5 heteroatoms. The Labute approximate surface area is 117 Å². The van der Waals surface area contributed by atoms with Crippen LogP contribution in [0.4, 0.5) is 0 Å². The van der Waals surface area contributed by atoms with Gasteiger partial charge in [-0.25, -0.2) is 5.32 Å². The molecule has 0 rings (SSSR count). The summed E-state index contributed by atoms with van der Waals surface area (Å²) in [7, 11) is 0. The van der Waals surface area contributed by atoms with Gasteiger partial charge in [-0.15, -0.1) is 0 Å². The van der Waals surface area contributed by atoms with E-state index in [0.717, 1.165) is 52.0 Å². The summed E-state index contributed by atoms with van der Waals surface area (Å²) in [6.07, 6.45) is 3.97. The molecule has 0 aliphatic rings. The molecular weight excluding hydrogens is 246 g/mol. The predicted octanol–water partition coefficient (Wildman–Crippen LogP) is 2.17. The van der Waals surface area contributed by atoms with E-state index < -0.39 is 0 Å². The molecule has 0 aromatic rings. The molecule has 0 aliphatic carbocycles. The smallest absolute Gasteiger partial charge is 0.146 e. The van der Waals surface area contributed by atoms with Gasteiger partial charge >= 0.3 is 0 Å². The quantitative estimate of drug-likeness (QED) is 0.320. The Morgan fingerprint density at radius 3 is 1.47 bits per heavy atom. The first-order valence-corrected chi connectivity index (χ1v) is 7.36. The largest absolute Gasteiger partial charge is 0.355 e. The Hall–Kier alpha value is -0.200. The van der Waals surface area contributed by atoms with Crippen molar-refractivity contribution in [3.63, 3.8) is 0 Å². The van der Waals surface area contributed by atoms with Gasteiger partial charge in [-0.3, -0.25) is 0 Å². The molecule has 5 nitrogen and oxygen atoms in total. The molecule has 0 spiro atoms. The molecule has 0 fully saturated rings. The lowest BCUT2D eigenvalue weighted by atomic mass is 10.4. The number of hydrogen-bond donors (Lipinski definition) is 0. The molecule has 0 unspecified atom stereocenters. The SMILES string of the molecule is CCCOCOCCC[N]CCCOCOCCC. The lowest BCUT2D eigenvalue weighted by Crippen LogP contribution is -2.13. The number of rotatable bonds is 16. The van der Waals surface area contributed by atoms with E-state index in [4.69, 9.17) is 18.9 Å². The summed E-state index contributed by atoms with van der Waals surface area (Å²) in [4.78, 5) is 0. The van der Waals surface area contributed by atoms with Crippen molar-refractivity contribution in [3.05, 3.63) is 0 Å². The first kappa shape index (κ1) is 18.8. The van der Waals surface area contributed by atoms with E-state index in [1.807, 2.05) is 0 Å². The van der Waals surface area contributed by atoms with Crippen LogP contribution in [0.15, 0.2) is 0 Å². The molecule has 0 atom stereocenters. The average molecular weight is 276 g/mol. The van der Waals surface area contributed by atoms with E-state index in [1.165, 1.54) is 0 Å². The fourth-order valence-corrected chi connectivity index (χ4v) is 1.31. The number of hydrogen-bond acceptors (Lipinski definition) is 4. The Balaban J connectivity index is 2.88. The Bertz CT molecular complexity index is 142. The van der Waals surface area contributed by atoms with Crippen molar-refractivity contribution in [1.82, 2.24) is 5.32 Å². The summed E-state index contributed by atoms with van der Waals surface area (Å²) in [5.41, 5.74) is 0. The van der Waals surface area contributed by atoms with Gasteiger partial charge in [-0.1, -0.05) is 13.8 Å². The van der Waals surface area contributed by atoms with Gasteiger partial charge in [-0.2, -0.15) is 0 Å². The minimum atomic E-state index is 0.402. The molecule has 0 amide bonds. The monoisotopic (exact) mass is 276 g/mol. The van der Waals surface area contributed by atoms with Gasteiger partial charge in [0.05, 0.1) is 13.2 Å². The lowest BCUT2D eigenvalue weighted by Gasteiger charge is -2.06. The summed E-state index contributed by atoms with van der Waals surface area (Å²) in [6.45, 7) is 9.64. The second kappa shape index (κ2) is 17.8. The Morgan fingerprint density at radius 1 is 0.632 bits per heavy atom. The van der Waals surface area contributed by atoms with Gasteiger partial charge in [0, 0.05) is 26.3 Å².